The fourth-order valence-electron chi connectivity index (χ4n) is 2.83. The first kappa shape index (κ1) is 7.35. The minimum absolute atomic E-state index is 0.231. The molecule has 2 fully saturated rings. The Balaban J connectivity index is 2.33. The van der Waals surface area contributed by atoms with Crippen molar-refractivity contribution < 1.29 is 5.11 Å². The molecule has 0 amide bonds. The maximum atomic E-state index is 10.2. The number of hydrogen-bond donors (Lipinski definition) is 1. The molecule has 1 nitrogen and oxygen atoms in total. The average Bonchev–Trinajstić information content (AvgIpc) is 2.17. The molecule has 0 heterocycles. The normalized spacial score (nSPS) is 52.5. The average molecular weight is 152 g/mol. The molecular formula is C10H16O. The van der Waals surface area contributed by atoms with Gasteiger partial charge in [-0.25, -0.2) is 0 Å². The molecule has 1 N–H and O–H groups in total. The standard InChI is InChI=1S/C10H16O/c1-3-8-7-9(2)5-4-6-10(8,9)11/h3,11H,4-7H2,1-2H3/b8-3-/t9-,10-/m1/s1. The molecule has 0 aromatic carbocycles. The third kappa shape index (κ3) is 0.652. The van der Waals surface area contributed by atoms with Gasteiger partial charge in [0.2, 0.25) is 0 Å². The van der Waals surface area contributed by atoms with Crippen LogP contribution in [0.4, 0.5) is 0 Å². The van der Waals surface area contributed by atoms with Gasteiger partial charge >= 0.3 is 0 Å². The fraction of sp³-hybridized carbons (Fsp3) is 0.800. The summed E-state index contributed by atoms with van der Waals surface area (Å²) >= 11 is 0. The monoisotopic (exact) mass is 152 g/mol. The van der Waals surface area contributed by atoms with Gasteiger partial charge in [0, 0.05) is 5.41 Å². The molecule has 2 atom stereocenters. The zero-order valence-corrected chi connectivity index (χ0v) is 7.35. The molecule has 0 radical (unpaired) electrons. The fourth-order valence-corrected chi connectivity index (χ4v) is 2.83. The van der Waals surface area contributed by atoms with Crippen molar-refractivity contribution in [2.75, 3.05) is 0 Å². The van der Waals surface area contributed by atoms with Crippen molar-refractivity contribution in [3.05, 3.63) is 11.6 Å². The van der Waals surface area contributed by atoms with Gasteiger partial charge in [0.15, 0.2) is 0 Å². The highest BCUT2D eigenvalue weighted by molar-refractivity contribution is 5.35. The van der Waals surface area contributed by atoms with Gasteiger partial charge in [0.05, 0.1) is 5.60 Å². The van der Waals surface area contributed by atoms with E-state index in [1.54, 1.807) is 0 Å². The van der Waals surface area contributed by atoms with Crippen molar-refractivity contribution in [1.29, 1.82) is 0 Å². The van der Waals surface area contributed by atoms with Crippen LogP contribution in [0.1, 0.15) is 39.5 Å². The lowest BCUT2D eigenvalue weighted by molar-refractivity contribution is -0.0754. The first-order valence-electron chi connectivity index (χ1n) is 4.50. The van der Waals surface area contributed by atoms with E-state index in [9.17, 15) is 5.11 Å². The first-order valence-corrected chi connectivity index (χ1v) is 4.50. The second-order valence-electron chi connectivity index (χ2n) is 4.27. The summed E-state index contributed by atoms with van der Waals surface area (Å²) in [6.45, 7) is 4.25. The quantitative estimate of drug-likeness (QED) is 0.528. The Kier molecular flexibility index (Phi) is 1.26. The molecule has 0 unspecified atom stereocenters. The predicted octanol–water partition coefficient (Wildman–Crippen LogP) is 2.26. The van der Waals surface area contributed by atoms with Crippen molar-refractivity contribution in [2.45, 2.75) is 45.1 Å². The van der Waals surface area contributed by atoms with Crippen molar-refractivity contribution >= 4 is 0 Å². The summed E-state index contributed by atoms with van der Waals surface area (Å²) in [4.78, 5) is 0. The summed E-state index contributed by atoms with van der Waals surface area (Å²) in [5.41, 5.74) is 1.11. The lowest BCUT2D eigenvalue weighted by Crippen LogP contribution is -2.53. The van der Waals surface area contributed by atoms with E-state index in [4.69, 9.17) is 0 Å². The van der Waals surface area contributed by atoms with Crippen LogP contribution in [0.15, 0.2) is 11.6 Å². The van der Waals surface area contributed by atoms with Gasteiger partial charge in [-0.15, -0.1) is 0 Å². The maximum absolute atomic E-state index is 10.2. The number of aliphatic hydroxyl groups is 1. The van der Waals surface area contributed by atoms with Crippen molar-refractivity contribution in [3.8, 4) is 0 Å². The Morgan fingerprint density at radius 1 is 1.45 bits per heavy atom. The molecular weight excluding hydrogens is 136 g/mol. The first-order chi connectivity index (χ1) is 5.12. The summed E-state index contributed by atoms with van der Waals surface area (Å²) in [6, 6.07) is 0. The van der Waals surface area contributed by atoms with Crippen molar-refractivity contribution in [1.82, 2.24) is 0 Å². The predicted molar refractivity (Wildman–Crippen MR) is 45.3 cm³/mol. The van der Waals surface area contributed by atoms with Crippen molar-refractivity contribution in [3.63, 3.8) is 0 Å². The summed E-state index contributed by atoms with van der Waals surface area (Å²) < 4.78 is 0. The van der Waals surface area contributed by atoms with E-state index in [1.807, 2.05) is 6.92 Å². The molecule has 62 valence electrons. The van der Waals surface area contributed by atoms with E-state index < -0.39 is 5.60 Å². The van der Waals surface area contributed by atoms with Gasteiger partial charge in [-0.2, -0.15) is 0 Å². The third-order valence-corrected chi connectivity index (χ3v) is 3.73. The summed E-state index contributed by atoms with van der Waals surface area (Å²) in [6.07, 6.45) is 6.61. The second-order valence-corrected chi connectivity index (χ2v) is 4.27. The molecule has 0 bridgehead atoms. The Morgan fingerprint density at radius 2 is 2.18 bits per heavy atom. The van der Waals surface area contributed by atoms with Gasteiger partial charge in [-0.3, -0.25) is 0 Å². The number of fused-ring (bicyclic) bond motifs is 1. The van der Waals surface area contributed by atoms with Gasteiger partial charge in [0.25, 0.3) is 0 Å². The van der Waals surface area contributed by atoms with E-state index >= 15 is 0 Å². The van der Waals surface area contributed by atoms with Gasteiger partial charge in [-0.05, 0) is 38.2 Å². The van der Waals surface area contributed by atoms with Crippen LogP contribution in [0.25, 0.3) is 0 Å². The zero-order chi connectivity index (χ0) is 8.11. The van der Waals surface area contributed by atoms with Crippen LogP contribution in [0.3, 0.4) is 0 Å². The van der Waals surface area contributed by atoms with Crippen LogP contribution >= 0.6 is 0 Å². The largest absolute Gasteiger partial charge is 0.385 e. The van der Waals surface area contributed by atoms with E-state index in [0.29, 0.717) is 0 Å². The molecule has 0 saturated heterocycles. The highest BCUT2D eigenvalue weighted by Crippen LogP contribution is 2.62. The minimum atomic E-state index is -0.401. The van der Waals surface area contributed by atoms with Gasteiger partial charge in [-0.1, -0.05) is 13.0 Å². The summed E-state index contributed by atoms with van der Waals surface area (Å²) in [5.74, 6) is 0. The number of allylic oxidation sites excluding steroid dienone is 1. The molecule has 2 aliphatic carbocycles. The summed E-state index contributed by atoms with van der Waals surface area (Å²) in [7, 11) is 0. The maximum Gasteiger partial charge on any atom is 0.0913 e. The molecule has 2 aliphatic rings. The minimum Gasteiger partial charge on any atom is -0.385 e. The smallest absolute Gasteiger partial charge is 0.0913 e. The Bertz CT molecular complexity index is 219. The molecule has 0 aliphatic heterocycles. The van der Waals surface area contributed by atoms with Gasteiger partial charge < -0.3 is 5.11 Å². The molecule has 1 heteroatoms. The molecule has 11 heavy (non-hydrogen) atoms. The Labute approximate surface area is 68.1 Å². The highest BCUT2D eigenvalue weighted by Gasteiger charge is 2.60. The molecule has 2 saturated carbocycles. The zero-order valence-electron chi connectivity index (χ0n) is 7.35. The van der Waals surface area contributed by atoms with Crippen LogP contribution in [-0.4, -0.2) is 10.7 Å². The highest BCUT2D eigenvalue weighted by atomic mass is 16.3. The Hall–Kier alpha value is -0.300. The van der Waals surface area contributed by atoms with E-state index in [2.05, 4.69) is 13.0 Å². The molecule has 0 spiro atoms. The number of hydrogen-bond acceptors (Lipinski definition) is 1. The third-order valence-electron chi connectivity index (χ3n) is 3.73. The summed E-state index contributed by atoms with van der Waals surface area (Å²) in [5, 5.41) is 10.2. The van der Waals surface area contributed by atoms with Crippen LogP contribution < -0.4 is 0 Å². The SMILES string of the molecule is C/C=C1/C[C@@]2(C)CCC[C@@]12O. The topological polar surface area (TPSA) is 20.2 Å². The Morgan fingerprint density at radius 3 is 2.73 bits per heavy atom. The van der Waals surface area contributed by atoms with E-state index in [1.165, 1.54) is 18.4 Å². The lowest BCUT2D eigenvalue weighted by atomic mass is 9.56. The van der Waals surface area contributed by atoms with Crippen LogP contribution in [0.2, 0.25) is 0 Å². The van der Waals surface area contributed by atoms with Crippen LogP contribution in [0, 0.1) is 5.41 Å². The molecule has 0 aromatic rings. The molecule has 0 aromatic heterocycles. The van der Waals surface area contributed by atoms with Crippen LogP contribution in [-0.2, 0) is 0 Å². The lowest BCUT2D eigenvalue weighted by Gasteiger charge is -2.52. The molecule has 2 rings (SSSR count). The second kappa shape index (κ2) is 1.89. The van der Waals surface area contributed by atoms with Gasteiger partial charge in [0.1, 0.15) is 0 Å². The van der Waals surface area contributed by atoms with E-state index in [0.717, 1.165) is 12.8 Å². The van der Waals surface area contributed by atoms with Crippen LogP contribution in [0.5, 0.6) is 0 Å². The van der Waals surface area contributed by atoms with E-state index in [-0.39, 0.29) is 5.41 Å². The van der Waals surface area contributed by atoms with Crippen molar-refractivity contribution in [2.24, 2.45) is 5.41 Å². The number of rotatable bonds is 0.